The van der Waals surface area contributed by atoms with Crippen LogP contribution in [0, 0.1) is 5.41 Å². The Labute approximate surface area is 221 Å². The molecule has 0 fully saturated rings. The zero-order valence-electron chi connectivity index (χ0n) is 21.5. The number of amidine groups is 1. The molecule has 0 bridgehead atoms. The Morgan fingerprint density at radius 1 is 1.08 bits per heavy atom. The van der Waals surface area contributed by atoms with Crippen molar-refractivity contribution >= 4 is 44.7 Å². The van der Waals surface area contributed by atoms with Gasteiger partial charge < -0.3 is 19.7 Å². The van der Waals surface area contributed by atoms with Gasteiger partial charge in [0.05, 0.1) is 36.0 Å². The van der Waals surface area contributed by atoms with E-state index in [1.807, 2.05) is 23.7 Å². The average Bonchev–Trinajstić information content (AvgIpc) is 3.16. The number of carbonyl (C=O) groups excluding carboxylic acids is 1. The Morgan fingerprint density at radius 2 is 1.71 bits per heavy atom. The third kappa shape index (κ3) is 10.2. The molecule has 2 aromatic carbocycles. The normalized spacial score (nSPS) is 10.8. The van der Waals surface area contributed by atoms with Gasteiger partial charge in [0.1, 0.15) is 11.7 Å². The van der Waals surface area contributed by atoms with Crippen molar-refractivity contribution in [1.29, 1.82) is 5.41 Å². The number of hydrogen-bond donors (Lipinski definition) is 5. The highest BCUT2D eigenvalue weighted by atomic mass is 32.2. The molecule has 0 atom stereocenters. The number of carbonyl (C=O) groups is 2. The van der Waals surface area contributed by atoms with Crippen molar-refractivity contribution in [1.82, 2.24) is 14.9 Å². The number of hydrogen-bond acceptors (Lipinski definition) is 8. The fourth-order valence-electron chi connectivity index (χ4n) is 3.38. The number of carboxylic acids is 1. The number of carboxylic acid groups (broad SMARTS) is 1. The molecule has 206 valence electrons. The molecule has 0 unspecified atom stereocenters. The molecule has 3 rings (SSSR count). The summed E-state index contributed by atoms with van der Waals surface area (Å²) >= 11 is 0. The fourth-order valence-corrected chi connectivity index (χ4v) is 3.38. The summed E-state index contributed by atoms with van der Waals surface area (Å²) in [6, 6.07) is 12.0. The third-order valence-electron chi connectivity index (χ3n) is 5.30. The van der Waals surface area contributed by atoms with E-state index in [1.54, 1.807) is 30.3 Å². The van der Waals surface area contributed by atoms with E-state index in [9.17, 15) is 18.0 Å². The number of aromatic carboxylic acids is 1. The Kier molecular flexibility index (Phi) is 11.2. The molecule has 0 aliphatic carbocycles. The first-order chi connectivity index (χ1) is 17.9. The number of benzene rings is 2. The maximum Gasteiger partial charge on any atom is 0.412 e. The summed E-state index contributed by atoms with van der Waals surface area (Å²) in [7, 11) is -1.79. The van der Waals surface area contributed by atoms with E-state index >= 15 is 0 Å². The molecule has 0 saturated heterocycles. The van der Waals surface area contributed by atoms with Gasteiger partial charge in [0.15, 0.2) is 0 Å². The molecule has 38 heavy (non-hydrogen) atoms. The van der Waals surface area contributed by atoms with Crippen LogP contribution in [0.3, 0.4) is 0 Å². The summed E-state index contributed by atoms with van der Waals surface area (Å²) in [4.78, 5) is 27.5. The predicted molar refractivity (Wildman–Crippen MR) is 144 cm³/mol. The van der Waals surface area contributed by atoms with Crippen LogP contribution in [0.5, 0.6) is 0 Å². The SMILES string of the molecule is CCCCCCOC(=O)NC(=N)c1ccc(NCc2nc3cc(C(=O)O)ccc3n2C)cc1.CS(=O)(=O)O. The van der Waals surface area contributed by atoms with E-state index in [1.165, 1.54) is 0 Å². The number of alkyl carbamates (subject to hydrolysis) is 1. The minimum Gasteiger partial charge on any atom is -0.478 e. The molecular weight excluding hydrogens is 514 g/mol. The highest BCUT2D eigenvalue weighted by Gasteiger charge is 2.11. The summed E-state index contributed by atoms with van der Waals surface area (Å²) in [5, 5.41) is 22.9. The molecule has 5 N–H and O–H groups in total. The quantitative estimate of drug-likeness (QED) is 0.108. The molecule has 0 saturated carbocycles. The van der Waals surface area contributed by atoms with Gasteiger partial charge in [-0.1, -0.05) is 26.2 Å². The van der Waals surface area contributed by atoms with Crippen LogP contribution in [0.2, 0.25) is 0 Å². The van der Waals surface area contributed by atoms with Crippen molar-refractivity contribution in [3.63, 3.8) is 0 Å². The number of fused-ring (bicyclic) bond motifs is 1. The van der Waals surface area contributed by atoms with Gasteiger partial charge in [-0.15, -0.1) is 0 Å². The number of aromatic nitrogens is 2. The lowest BCUT2D eigenvalue weighted by atomic mass is 10.2. The van der Waals surface area contributed by atoms with Gasteiger partial charge in [-0.2, -0.15) is 8.42 Å². The van der Waals surface area contributed by atoms with Crippen LogP contribution < -0.4 is 10.6 Å². The van der Waals surface area contributed by atoms with Crippen LogP contribution in [0.25, 0.3) is 11.0 Å². The minimum absolute atomic E-state index is 0.0234. The molecule has 0 spiro atoms. The van der Waals surface area contributed by atoms with Crippen molar-refractivity contribution in [3.05, 3.63) is 59.4 Å². The number of ether oxygens (including phenoxy) is 1. The largest absolute Gasteiger partial charge is 0.478 e. The second-order valence-electron chi connectivity index (χ2n) is 8.46. The van der Waals surface area contributed by atoms with Crippen LogP contribution in [-0.4, -0.2) is 58.4 Å². The number of unbranched alkanes of at least 4 members (excludes halogenated alkanes) is 3. The molecule has 13 heteroatoms. The lowest BCUT2D eigenvalue weighted by molar-refractivity contribution is 0.0697. The average molecular weight is 548 g/mol. The molecule has 1 aromatic heterocycles. The molecule has 3 aromatic rings. The Bertz CT molecular complexity index is 1360. The van der Waals surface area contributed by atoms with Gasteiger partial charge in [0.2, 0.25) is 0 Å². The number of aryl methyl sites for hydroxylation is 1. The van der Waals surface area contributed by atoms with Crippen molar-refractivity contribution in [3.8, 4) is 0 Å². The monoisotopic (exact) mass is 547 g/mol. The molecule has 1 heterocycles. The van der Waals surface area contributed by atoms with Crippen molar-refractivity contribution in [2.24, 2.45) is 7.05 Å². The van der Waals surface area contributed by atoms with Crippen molar-refractivity contribution in [2.45, 2.75) is 39.2 Å². The second kappa shape index (κ2) is 14.1. The zero-order chi connectivity index (χ0) is 28.3. The smallest absolute Gasteiger partial charge is 0.412 e. The Balaban J connectivity index is 0.000000926. The standard InChI is InChI=1S/C24H29N5O4.CH4O3S/c1-3-4-5-6-13-33-24(32)28-22(25)16-7-10-18(11-8-16)26-15-21-27-19-14-17(23(30)31)9-12-20(19)29(21)2;1-5(2,3)4/h7-12,14,26H,3-6,13,15H2,1-2H3,(H,30,31)(H2,25,28,32);1H3,(H,2,3,4). The molecule has 0 aliphatic rings. The van der Waals surface area contributed by atoms with Crippen LogP contribution >= 0.6 is 0 Å². The minimum atomic E-state index is -3.67. The summed E-state index contributed by atoms with van der Waals surface area (Å²) in [6.07, 6.45) is 4.17. The second-order valence-corrected chi connectivity index (χ2v) is 9.92. The summed E-state index contributed by atoms with van der Waals surface area (Å²) < 4.78 is 32.9. The van der Waals surface area contributed by atoms with E-state index in [-0.39, 0.29) is 11.4 Å². The Hall–Kier alpha value is -3.97. The maximum absolute atomic E-state index is 11.8. The highest BCUT2D eigenvalue weighted by molar-refractivity contribution is 7.85. The van der Waals surface area contributed by atoms with Gasteiger partial charge in [-0.3, -0.25) is 15.3 Å². The number of nitrogens with one attached hydrogen (secondary N) is 3. The van der Waals surface area contributed by atoms with Crippen LogP contribution in [-0.2, 0) is 28.4 Å². The first kappa shape index (κ1) is 30.3. The first-order valence-corrected chi connectivity index (χ1v) is 13.7. The topological polar surface area (TPSA) is 184 Å². The maximum atomic E-state index is 11.8. The van der Waals surface area contributed by atoms with Gasteiger partial charge in [-0.25, -0.2) is 14.6 Å². The first-order valence-electron chi connectivity index (χ1n) is 11.9. The number of anilines is 1. The van der Waals surface area contributed by atoms with Crippen LogP contribution in [0.4, 0.5) is 10.5 Å². The fraction of sp³-hybridized carbons (Fsp3) is 0.360. The van der Waals surface area contributed by atoms with E-state index in [0.717, 1.165) is 42.7 Å². The zero-order valence-corrected chi connectivity index (χ0v) is 22.3. The van der Waals surface area contributed by atoms with Gasteiger partial charge in [-0.05, 0) is 48.9 Å². The molecule has 1 amide bonds. The van der Waals surface area contributed by atoms with E-state index in [2.05, 4.69) is 22.5 Å². The lowest BCUT2D eigenvalue weighted by Crippen LogP contribution is -2.31. The number of amides is 1. The van der Waals surface area contributed by atoms with Crippen molar-refractivity contribution in [2.75, 3.05) is 18.2 Å². The van der Waals surface area contributed by atoms with Crippen LogP contribution in [0.1, 0.15) is 54.4 Å². The van der Waals surface area contributed by atoms with Gasteiger partial charge in [0, 0.05) is 18.3 Å². The summed E-state index contributed by atoms with van der Waals surface area (Å²) in [5.74, 6) is -0.250. The van der Waals surface area contributed by atoms with Gasteiger partial charge >= 0.3 is 12.1 Å². The lowest BCUT2D eigenvalue weighted by Gasteiger charge is -2.10. The molecule has 0 radical (unpaired) electrons. The van der Waals surface area contributed by atoms with E-state index < -0.39 is 22.2 Å². The Morgan fingerprint density at radius 3 is 2.32 bits per heavy atom. The van der Waals surface area contributed by atoms with E-state index in [4.69, 9.17) is 19.8 Å². The summed E-state index contributed by atoms with van der Waals surface area (Å²) in [6.45, 7) is 2.91. The predicted octanol–water partition coefficient (Wildman–Crippen LogP) is 4.02. The van der Waals surface area contributed by atoms with Crippen LogP contribution in [0.15, 0.2) is 42.5 Å². The molecular formula is C25H33N5O7S. The molecule has 12 nitrogen and oxygen atoms in total. The van der Waals surface area contributed by atoms with E-state index in [0.29, 0.717) is 30.5 Å². The molecule has 0 aliphatic heterocycles. The number of imidazole rings is 1. The third-order valence-corrected chi connectivity index (χ3v) is 5.30. The van der Waals surface area contributed by atoms with Gasteiger partial charge in [0.25, 0.3) is 10.1 Å². The number of nitrogens with zero attached hydrogens (tertiary/aromatic N) is 2. The highest BCUT2D eigenvalue weighted by Crippen LogP contribution is 2.18. The number of rotatable bonds is 10. The summed E-state index contributed by atoms with van der Waals surface area (Å²) in [5.41, 5.74) is 3.06. The van der Waals surface area contributed by atoms with Crippen molar-refractivity contribution < 1.29 is 32.4 Å².